The van der Waals surface area contributed by atoms with E-state index in [2.05, 4.69) is 4.90 Å². The summed E-state index contributed by atoms with van der Waals surface area (Å²) in [4.78, 5) is 13.8. The summed E-state index contributed by atoms with van der Waals surface area (Å²) in [6, 6.07) is 2.10. The topological polar surface area (TPSA) is 90.2 Å². The van der Waals surface area contributed by atoms with Crippen LogP contribution in [0.3, 0.4) is 0 Å². The molecular weight excluding hydrogens is 250 g/mol. The van der Waals surface area contributed by atoms with E-state index in [1.807, 2.05) is 13.8 Å². The lowest BCUT2D eigenvalue weighted by atomic mass is 10.2. The number of carbonyl (C=O) groups excluding carboxylic acids is 1. The molecule has 0 radical (unpaired) electrons. The highest BCUT2D eigenvalue weighted by Crippen LogP contribution is 2.35. The molecule has 6 nitrogen and oxygen atoms in total. The van der Waals surface area contributed by atoms with Crippen LogP contribution in [-0.2, 0) is 4.74 Å². The molecule has 0 unspecified atom stereocenters. The minimum absolute atomic E-state index is 0.00709. The molecule has 0 atom stereocenters. The number of phenols is 3. The van der Waals surface area contributed by atoms with Crippen molar-refractivity contribution in [3.05, 3.63) is 17.7 Å². The maximum absolute atomic E-state index is 11.7. The molecule has 0 saturated carbocycles. The Morgan fingerprint density at radius 3 is 2.16 bits per heavy atom. The average molecular weight is 269 g/mol. The second-order valence-corrected chi connectivity index (χ2v) is 4.03. The van der Waals surface area contributed by atoms with Gasteiger partial charge in [0, 0.05) is 6.54 Å². The van der Waals surface area contributed by atoms with E-state index in [1.54, 1.807) is 0 Å². The van der Waals surface area contributed by atoms with Crippen molar-refractivity contribution < 1.29 is 24.9 Å². The van der Waals surface area contributed by atoms with Gasteiger partial charge in [0.25, 0.3) is 0 Å². The number of nitrogens with zero attached hydrogens (tertiary/aromatic N) is 1. The number of ether oxygens (including phenoxy) is 1. The van der Waals surface area contributed by atoms with E-state index in [-0.39, 0.29) is 12.2 Å². The van der Waals surface area contributed by atoms with Crippen LogP contribution in [-0.4, -0.2) is 52.4 Å². The Balaban J connectivity index is 2.59. The molecule has 0 saturated heterocycles. The summed E-state index contributed by atoms with van der Waals surface area (Å²) >= 11 is 0. The average Bonchev–Trinajstić information content (AvgIpc) is 2.40. The fourth-order valence-corrected chi connectivity index (χ4v) is 1.61. The molecule has 0 aliphatic heterocycles. The molecule has 0 bridgehead atoms. The first-order chi connectivity index (χ1) is 8.99. The Kier molecular flexibility index (Phi) is 5.44. The lowest BCUT2D eigenvalue weighted by Gasteiger charge is -2.17. The highest BCUT2D eigenvalue weighted by Gasteiger charge is 2.14. The standard InChI is InChI=1S/C13H19NO5/c1-3-14(4-2)5-6-19-13(18)9-7-10(15)12(17)11(16)8-9/h7-8,15-17H,3-6H2,1-2H3. The van der Waals surface area contributed by atoms with Gasteiger partial charge in [0.1, 0.15) is 6.61 Å². The normalized spacial score (nSPS) is 10.7. The molecule has 3 N–H and O–H groups in total. The largest absolute Gasteiger partial charge is 0.504 e. The molecule has 0 aliphatic rings. The third-order valence-electron chi connectivity index (χ3n) is 2.84. The summed E-state index contributed by atoms with van der Waals surface area (Å²) in [5.41, 5.74) is -0.00709. The van der Waals surface area contributed by atoms with Crippen LogP contribution in [0.25, 0.3) is 0 Å². The van der Waals surface area contributed by atoms with E-state index < -0.39 is 23.2 Å². The van der Waals surface area contributed by atoms with Crippen molar-refractivity contribution in [2.45, 2.75) is 13.8 Å². The summed E-state index contributed by atoms with van der Waals surface area (Å²) < 4.78 is 5.03. The number of hydrogen-bond acceptors (Lipinski definition) is 6. The van der Waals surface area contributed by atoms with Gasteiger partial charge in [-0.25, -0.2) is 4.79 Å². The zero-order valence-electron chi connectivity index (χ0n) is 11.1. The SMILES string of the molecule is CCN(CC)CCOC(=O)c1cc(O)c(O)c(O)c1. The van der Waals surface area contributed by atoms with Crippen molar-refractivity contribution in [3.63, 3.8) is 0 Å². The van der Waals surface area contributed by atoms with Gasteiger partial charge in [0.2, 0.25) is 0 Å². The first-order valence-electron chi connectivity index (χ1n) is 6.14. The minimum atomic E-state index is -0.655. The summed E-state index contributed by atoms with van der Waals surface area (Å²) in [6.07, 6.45) is 0. The molecule has 0 amide bonds. The molecule has 0 fully saturated rings. The minimum Gasteiger partial charge on any atom is -0.504 e. The van der Waals surface area contributed by atoms with Crippen molar-refractivity contribution in [2.24, 2.45) is 0 Å². The number of benzene rings is 1. The van der Waals surface area contributed by atoms with Crippen molar-refractivity contribution in [1.82, 2.24) is 4.90 Å². The summed E-state index contributed by atoms with van der Waals surface area (Å²) in [5.74, 6) is -2.43. The highest BCUT2D eigenvalue weighted by molar-refractivity contribution is 5.91. The maximum Gasteiger partial charge on any atom is 0.338 e. The molecule has 19 heavy (non-hydrogen) atoms. The number of phenolic OH excluding ortho intramolecular Hbond substituents is 3. The third kappa shape index (κ3) is 4.03. The van der Waals surface area contributed by atoms with Gasteiger partial charge < -0.3 is 25.0 Å². The zero-order chi connectivity index (χ0) is 14.4. The molecule has 0 heterocycles. The van der Waals surface area contributed by atoms with Crippen LogP contribution in [0.1, 0.15) is 24.2 Å². The molecule has 1 rings (SSSR count). The van der Waals surface area contributed by atoms with E-state index in [0.29, 0.717) is 6.54 Å². The first-order valence-corrected chi connectivity index (χ1v) is 6.14. The van der Waals surface area contributed by atoms with Crippen LogP contribution < -0.4 is 0 Å². The Hall–Kier alpha value is -1.95. The number of likely N-dealkylation sites (N-methyl/N-ethyl adjacent to an activating group) is 1. The van der Waals surface area contributed by atoms with Gasteiger partial charge in [-0.1, -0.05) is 13.8 Å². The zero-order valence-corrected chi connectivity index (χ0v) is 11.1. The lowest BCUT2D eigenvalue weighted by Crippen LogP contribution is -2.27. The monoisotopic (exact) mass is 269 g/mol. The van der Waals surface area contributed by atoms with E-state index in [1.165, 1.54) is 0 Å². The molecule has 0 spiro atoms. The van der Waals surface area contributed by atoms with Crippen molar-refractivity contribution in [1.29, 1.82) is 0 Å². The van der Waals surface area contributed by atoms with Crippen molar-refractivity contribution in [2.75, 3.05) is 26.2 Å². The van der Waals surface area contributed by atoms with Gasteiger partial charge in [0.05, 0.1) is 5.56 Å². The van der Waals surface area contributed by atoms with Crippen LogP contribution in [0.4, 0.5) is 0 Å². The maximum atomic E-state index is 11.7. The third-order valence-corrected chi connectivity index (χ3v) is 2.84. The second-order valence-electron chi connectivity index (χ2n) is 4.03. The predicted molar refractivity (Wildman–Crippen MR) is 69.5 cm³/mol. The Bertz CT molecular complexity index is 420. The van der Waals surface area contributed by atoms with Crippen LogP contribution in [0.15, 0.2) is 12.1 Å². The molecule has 106 valence electrons. The Morgan fingerprint density at radius 2 is 1.68 bits per heavy atom. The number of aromatic hydroxyl groups is 3. The quantitative estimate of drug-likeness (QED) is 0.533. The van der Waals surface area contributed by atoms with Gasteiger partial charge >= 0.3 is 5.97 Å². The lowest BCUT2D eigenvalue weighted by molar-refractivity contribution is 0.0465. The first kappa shape index (κ1) is 15.1. The molecule has 0 aromatic heterocycles. The van der Waals surface area contributed by atoms with Crippen molar-refractivity contribution in [3.8, 4) is 17.2 Å². The predicted octanol–water partition coefficient (Wildman–Crippen LogP) is 1.30. The molecule has 0 aliphatic carbocycles. The number of hydrogen-bond donors (Lipinski definition) is 3. The van der Waals surface area contributed by atoms with E-state index >= 15 is 0 Å². The van der Waals surface area contributed by atoms with Crippen LogP contribution in [0.2, 0.25) is 0 Å². The fourth-order valence-electron chi connectivity index (χ4n) is 1.61. The fraction of sp³-hybridized carbons (Fsp3) is 0.462. The summed E-state index contributed by atoms with van der Waals surface area (Å²) in [6.45, 7) is 6.62. The van der Waals surface area contributed by atoms with E-state index in [4.69, 9.17) is 9.84 Å². The van der Waals surface area contributed by atoms with Crippen molar-refractivity contribution >= 4 is 5.97 Å². The van der Waals surface area contributed by atoms with Crippen LogP contribution in [0, 0.1) is 0 Å². The van der Waals surface area contributed by atoms with Gasteiger partial charge in [-0.15, -0.1) is 0 Å². The van der Waals surface area contributed by atoms with E-state index in [9.17, 15) is 15.0 Å². The van der Waals surface area contributed by atoms with E-state index in [0.717, 1.165) is 25.2 Å². The molecular formula is C13H19NO5. The molecule has 1 aromatic carbocycles. The Morgan fingerprint density at radius 1 is 1.16 bits per heavy atom. The van der Waals surface area contributed by atoms with Crippen LogP contribution >= 0.6 is 0 Å². The van der Waals surface area contributed by atoms with Gasteiger partial charge in [-0.05, 0) is 25.2 Å². The second kappa shape index (κ2) is 6.84. The highest BCUT2D eigenvalue weighted by atomic mass is 16.5. The Labute approximate surface area is 111 Å². The number of carbonyl (C=O) groups is 1. The summed E-state index contributed by atoms with van der Waals surface area (Å²) in [7, 11) is 0. The van der Waals surface area contributed by atoms with Gasteiger partial charge in [0.15, 0.2) is 17.2 Å². The van der Waals surface area contributed by atoms with Gasteiger partial charge in [-0.3, -0.25) is 0 Å². The summed E-state index contributed by atoms with van der Waals surface area (Å²) in [5, 5.41) is 27.8. The van der Waals surface area contributed by atoms with Gasteiger partial charge in [-0.2, -0.15) is 0 Å². The smallest absolute Gasteiger partial charge is 0.338 e. The number of esters is 1. The van der Waals surface area contributed by atoms with Crippen LogP contribution in [0.5, 0.6) is 17.2 Å². The number of rotatable bonds is 6. The molecule has 1 aromatic rings. The molecule has 6 heteroatoms.